The maximum absolute atomic E-state index is 13.9. The van der Waals surface area contributed by atoms with Crippen molar-refractivity contribution in [2.45, 2.75) is 154 Å². The predicted molar refractivity (Wildman–Crippen MR) is 254 cm³/mol. The summed E-state index contributed by atoms with van der Waals surface area (Å²) in [6.07, 6.45) is -2.47. The molecule has 0 aromatic carbocycles. The molecule has 406 valence electrons. The number of aliphatic hydroxyl groups is 4. The average molecular weight is 1010 g/mol. The number of Topliss-reactive ketones (excluding diaryl/α,β-unsaturated/α-hetero) is 3. The first-order chi connectivity index (χ1) is 33.4. The number of likely N-dealkylation sites (tertiary alicyclic amines) is 1. The van der Waals surface area contributed by atoms with Crippen molar-refractivity contribution in [1.82, 2.24) is 15.5 Å². The van der Waals surface area contributed by atoms with Crippen LogP contribution in [0.15, 0.2) is 0 Å². The van der Waals surface area contributed by atoms with Gasteiger partial charge in [0.2, 0.25) is 17.7 Å². The molecule has 0 saturated carbocycles. The maximum Gasteiger partial charge on any atom is 0.232 e. The minimum absolute atomic E-state index is 0.0329. The molecule has 0 bridgehead atoms. The summed E-state index contributed by atoms with van der Waals surface area (Å²) < 4.78 is 44.1. The molecule has 2 saturated heterocycles. The van der Waals surface area contributed by atoms with Gasteiger partial charge in [0.15, 0.2) is 6.29 Å². The first kappa shape index (κ1) is 63.1. The van der Waals surface area contributed by atoms with Gasteiger partial charge < -0.3 is 73.9 Å². The van der Waals surface area contributed by atoms with Gasteiger partial charge in [-0.3, -0.25) is 28.8 Å². The Morgan fingerprint density at radius 1 is 0.671 bits per heavy atom. The van der Waals surface area contributed by atoms with E-state index in [4.69, 9.17) is 37.9 Å². The summed E-state index contributed by atoms with van der Waals surface area (Å²) in [5, 5.41) is 45.8. The molecule has 2 aliphatic rings. The highest BCUT2D eigenvalue weighted by molar-refractivity contribution is 5.97. The highest BCUT2D eigenvalue weighted by atomic mass is 16.7. The van der Waals surface area contributed by atoms with Crippen molar-refractivity contribution in [3.63, 3.8) is 0 Å². The zero-order valence-corrected chi connectivity index (χ0v) is 42.8. The Kier molecular flexibility index (Phi) is 31.0. The number of aliphatic hydroxyl groups excluding tert-OH is 4. The Balaban J connectivity index is 1.94. The van der Waals surface area contributed by atoms with Crippen molar-refractivity contribution in [2.24, 2.45) is 10.8 Å². The lowest BCUT2D eigenvalue weighted by Crippen LogP contribution is -2.64. The van der Waals surface area contributed by atoms with Gasteiger partial charge in [-0.1, -0.05) is 13.8 Å². The zero-order chi connectivity index (χ0) is 52.0. The van der Waals surface area contributed by atoms with E-state index < -0.39 is 77.8 Å². The van der Waals surface area contributed by atoms with E-state index in [9.17, 15) is 49.2 Å². The van der Waals surface area contributed by atoms with E-state index in [1.54, 1.807) is 12.0 Å². The van der Waals surface area contributed by atoms with Gasteiger partial charge in [-0.05, 0) is 52.4 Å². The number of rotatable bonds is 41. The van der Waals surface area contributed by atoms with Gasteiger partial charge in [0.05, 0.1) is 59.5 Å². The molecule has 2 heterocycles. The number of hydrogen-bond acceptors (Lipinski definition) is 18. The Bertz CT molecular complexity index is 1530. The van der Waals surface area contributed by atoms with Crippen LogP contribution in [0.4, 0.5) is 0 Å². The number of nitrogens with zero attached hydrogens (tertiary/aromatic N) is 1. The van der Waals surface area contributed by atoms with E-state index >= 15 is 0 Å². The number of amides is 3. The van der Waals surface area contributed by atoms with Gasteiger partial charge in [0.25, 0.3) is 0 Å². The molecule has 6 N–H and O–H groups in total. The third-order valence-electron chi connectivity index (χ3n) is 13.2. The summed E-state index contributed by atoms with van der Waals surface area (Å²) in [7, 11) is 1.56. The first-order valence-electron chi connectivity index (χ1n) is 25.1. The fourth-order valence-corrected chi connectivity index (χ4v) is 8.68. The number of nitrogens with one attached hydrogen (secondary N) is 2. The smallest absolute Gasteiger partial charge is 0.232 e. The van der Waals surface area contributed by atoms with E-state index in [0.29, 0.717) is 58.9 Å². The summed E-state index contributed by atoms with van der Waals surface area (Å²) >= 11 is 0. The molecule has 21 heteroatoms. The lowest BCUT2D eigenvalue weighted by molar-refractivity contribution is -0.272. The molecular weight excluding hydrogens is 919 g/mol. The van der Waals surface area contributed by atoms with Crippen LogP contribution in [0.2, 0.25) is 0 Å². The monoisotopic (exact) mass is 1010 g/mol. The van der Waals surface area contributed by atoms with Crippen LogP contribution in [-0.4, -0.2) is 209 Å². The molecule has 3 amide bonds. The first-order valence-corrected chi connectivity index (χ1v) is 25.1. The quantitative estimate of drug-likeness (QED) is 0.0371. The number of carbonyl (C=O) groups excluding carboxylic acids is 6. The molecule has 21 nitrogen and oxygen atoms in total. The minimum Gasteiger partial charge on any atom is -0.396 e. The van der Waals surface area contributed by atoms with Crippen molar-refractivity contribution in [2.75, 3.05) is 113 Å². The maximum atomic E-state index is 13.9. The molecule has 0 aliphatic carbocycles. The minimum atomic E-state index is -1.41. The van der Waals surface area contributed by atoms with E-state index in [1.165, 1.54) is 6.92 Å². The van der Waals surface area contributed by atoms with E-state index in [-0.39, 0.29) is 134 Å². The van der Waals surface area contributed by atoms with Crippen molar-refractivity contribution in [1.29, 1.82) is 0 Å². The van der Waals surface area contributed by atoms with Crippen molar-refractivity contribution < 1.29 is 87.1 Å². The Morgan fingerprint density at radius 3 is 1.60 bits per heavy atom. The van der Waals surface area contributed by atoms with Crippen molar-refractivity contribution in [3.05, 3.63) is 0 Å². The summed E-state index contributed by atoms with van der Waals surface area (Å²) in [5.74, 6) is -1.60. The van der Waals surface area contributed by atoms with Crippen LogP contribution in [0, 0.1) is 10.8 Å². The largest absolute Gasteiger partial charge is 0.396 e. The molecule has 70 heavy (non-hydrogen) atoms. The van der Waals surface area contributed by atoms with Crippen LogP contribution < -0.4 is 10.6 Å². The van der Waals surface area contributed by atoms with Crippen LogP contribution in [0.5, 0.6) is 0 Å². The SMILES string of the molecule is CCOCCCC(=O)CCC(CCC(=O)CCCOCC)(CCC(=O)CCCOCCOCCOCCOC1O[C@H](CO)[C@H](O)[C@H](O)[C@H]1NC(C)=O)NC(=O)CC(=O)N1C[C@](C)(COC)[C@](C)(CO)C1. The van der Waals surface area contributed by atoms with E-state index in [2.05, 4.69) is 10.6 Å². The second-order valence-corrected chi connectivity index (χ2v) is 18.9. The molecule has 0 spiro atoms. The van der Waals surface area contributed by atoms with Gasteiger partial charge in [0, 0.05) is 115 Å². The molecule has 2 aliphatic heterocycles. The van der Waals surface area contributed by atoms with Crippen LogP contribution >= 0.6 is 0 Å². The van der Waals surface area contributed by atoms with Crippen molar-refractivity contribution >= 4 is 35.1 Å². The van der Waals surface area contributed by atoms with Gasteiger partial charge in [-0.2, -0.15) is 0 Å². The van der Waals surface area contributed by atoms with Crippen LogP contribution in [0.1, 0.15) is 118 Å². The van der Waals surface area contributed by atoms with Crippen molar-refractivity contribution in [3.8, 4) is 0 Å². The number of carbonyl (C=O) groups is 6. The standard InChI is InChI=1S/C49H87N3O18/c1-7-64-21-9-12-37(56)15-18-49(19-16-38(57)13-10-22-65-8-2,51-41(59)30-42(60)52-32-47(4,34-54)48(5,33-52)35-63-6)20-17-39(58)14-11-23-66-24-25-67-26-27-68-28-29-69-46-43(50-36(3)55)45(62)44(61)40(31-53)70-46/h40,43-46,53-54,61-62H,7-35H2,1-6H3,(H,50,55)(H,51,59)/t40-,43-,44+,45-,46?,47+,48-/m1/s1. The second-order valence-electron chi connectivity index (χ2n) is 18.9. The fraction of sp³-hybridized carbons (Fsp3) is 0.878. The molecule has 0 radical (unpaired) electrons. The molecular formula is C49H87N3O18. The summed E-state index contributed by atoms with van der Waals surface area (Å²) in [5.41, 5.74) is -2.33. The Morgan fingerprint density at radius 2 is 1.14 bits per heavy atom. The van der Waals surface area contributed by atoms with Gasteiger partial charge in [-0.15, -0.1) is 0 Å². The fourth-order valence-electron chi connectivity index (χ4n) is 8.68. The zero-order valence-electron chi connectivity index (χ0n) is 42.8. The van der Waals surface area contributed by atoms with Gasteiger partial charge >= 0.3 is 0 Å². The van der Waals surface area contributed by atoms with Gasteiger partial charge in [0.1, 0.15) is 48.1 Å². The third-order valence-corrected chi connectivity index (χ3v) is 13.2. The highest BCUT2D eigenvalue weighted by Gasteiger charge is 2.53. The topological polar surface area (TPSA) is 284 Å². The number of ketones is 3. The normalized spacial score (nSPS) is 23.6. The molecule has 7 atom stereocenters. The molecule has 1 unspecified atom stereocenters. The van der Waals surface area contributed by atoms with Crippen LogP contribution in [0.25, 0.3) is 0 Å². The molecule has 0 aromatic heterocycles. The lowest BCUT2D eigenvalue weighted by Gasteiger charge is -2.42. The summed E-state index contributed by atoms with van der Waals surface area (Å²) in [4.78, 5) is 80.4. The highest BCUT2D eigenvalue weighted by Crippen LogP contribution is 2.46. The number of methoxy groups -OCH3 is 1. The van der Waals surface area contributed by atoms with Crippen LogP contribution in [0.3, 0.4) is 0 Å². The lowest BCUT2D eigenvalue weighted by atomic mass is 9.69. The summed E-state index contributed by atoms with van der Waals surface area (Å²) in [6.45, 7) is 12.4. The van der Waals surface area contributed by atoms with Crippen LogP contribution in [-0.2, 0) is 66.7 Å². The van der Waals surface area contributed by atoms with E-state index in [0.717, 1.165) is 0 Å². The summed E-state index contributed by atoms with van der Waals surface area (Å²) in [6, 6.07) is -1.05. The Hall–Kier alpha value is -3.06. The third kappa shape index (κ3) is 22.8. The number of hydrogen-bond donors (Lipinski definition) is 6. The predicted octanol–water partition coefficient (Wildman–Crippen LogP) is 1.20. The number of ether oxygens (including phenoxy) is 8. The molecule has 2 fully saturated rings. The second kappa shape index (κ2) is 34.4. The molecule has 2 rings (SSSR count). The molecule has 0 aromatic rings. The Labute approximate surface area is 414 Å². The average Bonchev–Trinajstić information content (AvgIpc) is 3.60. The van der Waals surface area contributed by atoms with Gasteiger partial charge in [-0.25, -0.2) is 0 Å². The van der Waals surface area contributed by atoms with E-state index in [1.807, 2.05) is 27.7 Å².